The van der Waals surface area contributed by atoms with Crippen LogP contribution in [0.2, 0.25) is 5.02 Å². The van der Waals surface area contributed by atoms with Gasteiger partial charge < -0.3 is 10.2 Å². The Labute approximate surface area is 162 Å². The van der Waals surface area contributed by atoms with Gasteiger partial charge in [-0.15, -0.1) is 15.0 Å². The number of phenolic OH excluding ortho intramolecular Hbond substituents is 1. The minimum Gasteiger partial charge on any atom is -0.505 e. The van der Waals surface area contributed by atoms with Crippen LogP contribution in [0.1, 0.15) is 51.2 Å². The molecule has 0 aliphatic carbocycles. The number of carbonyl (C=O) groups is 1. The van der Waals surface area contributed by atoms with Gasteiger partial charge in [0.25, 0.3) is 0 Å². The van der Waals surface area contributed by atoms with Crippen molar-refractivity contribution in [1.29, 1.82) is 0 Å². The second-order valence-electron chi connectivity index (χ2n) is 7.61. The summed E-state index contributed by atoms with van der Waals surface area (Å²) in [5, 5.41) is 29.9. The summed E-state index contributed by atoms with van der Waals surface area (Å²) in [4.78, 5) is 13.0. The van der Waals surface area contributed by atoms with E-state index in [2.05, 4.69) is 10.2 Å². The van der Waals surface area contributed by atoms with Gasteiger partial charge in [0.1, 0.15) is 22.5 Å². The van der Waals surface area contributed by atoms with Crippen molar-refractivity contribution in [3.05, 3.63) is 46.5 Å². The van der Waals surface area contributed by atoms with Crippen molar-refractivity contribution in [3.8, 4) is 11.4 Å². The maximum Gasteiger partial charge on any atom is 0.310 e. The van der Waals surface area contributed by atoms with Crippen LogP contribution in [-0.2, 0) is 10.2 Å². The van der Waals surface area contributed by atoms with Crippen molar-refractivity contribution in [3.63, 3.8) is 0 Å². The molecule has 27 heavy (non-hydrogen) atoms. The molecule has 0 spiro atoms. The minimum atomic E-state index is -0.903. The Morgan fingerprint density at radius 1 is 1.19 bits per heavy atom. The second kappa shape index (κ2) is 6.85. The van der Waals surface area contributed by atoms with E-state index < -0.39 is 11.9 Å². The summed E-state index contributed by atoms with van der Waals surface area (Å²) in [7, 11) is 0. The molecule has 0 aliphatic rings. The summed E-state index contributed by atoms with van der Waals surface area (Å²) < 4.78 is 0. The number of carboxylic acid groups (broad SMARTS) is 1. The number of hydrogen-bond acceptors (Lipinski definition) is 4. The number of aliphatic carboxylic acids is 1. The zero-order valence-electron chi connectivity index (χ0n) is 15.7. The van der Waals surface area contributed by atoms with Gasteiger partial charge in [0.2, 0.25) is 0 Å². The average Bonchev–Trinajstić information content (AvgIpc) is 2.98. The fraction of sp³-hybridized carbons (Fsp3) is 0.350. The lowest BCUT2D eigenvalue weighted by molar-refractivity contribution is -0.138. The van der Waals surface area contributed by atoms with Crippen LogP contribution in [0.5, 0.6) is 5.75 Å². The first-order valence-corrected chi connectivity index (χ1v) is 9.12. The van der Waals surface area contributed by atoms with Crippen molar-refractivity contribution in [2.45, 2.75) is 45.4 Å². The van der Waals surface area contributed by atoms with Gasteiger partial charge in [-0.3, -0.25) is 4.79 Å². The zero-order valence-corrected chi connectivity index (χ0v) is 16.4. The lowest BCUT2D eigenvalue weighted by Crippen LogP contribution is -2.17. The van der Waals surface area contributed by atoms with Gasteiger partial charge in [-0.2, -0.15) is 0 Å². The normalized spacial score (nSPS) is 13.1. The molecule has 7 heteroatoms. The van der Waals surface area contributed by atoms with Crippen LogP contribution in [0.15, 0.2) is 30.3 Å². The summed E-state index contributed by atoms with van der Waals surface area (Å²) in [5.41, 5.74) is 2.45. The average molecular weight is 388 g/mol. The molecule has 2 aromatic carbocycles. The van der Waals surface area contributed by atoms with Gasteiger partial charge in [-0.25, -0.2) is 0 Å². The standard InChI is InChI=1S/C20H22ClN3O3/c1-5-13(19(26)27)11-8-14(20(2,3)4)18(25)17(9-11)24-22-15-7-6-12(21)10-16(15)23-24/h6-10,13,25H,5H2,1-4H3,(H,26,27). The number of halogens is 1. The molecule has 3 rings (SSSR count). The second-order valence-corrected chi connectivity index (χ2v) is 8.04. The monoisotopic (exact) mass is 387 g/mol. The van der Waals surface area contributed by atoms with E-state index in [9.17, 15) is 15.0 Å². The third-order valence-electron chi connectivity index (χ3n) is 4.59. The summed E-state index contributed by atoms with van der Waals surface area (Å²) in [6, 6.07) is 8.57. The molecule has 1 atom stereocenters. The highest BCUT2D eigenvalue weighted by Crippen LogP contribution is 2.38. The molecule has 0 aliphatic heterocycles. The Hall–Kier alpha value is -2.60. The molecule has 1 aromatic heterocycles. The molecule has 0 bridgehead atoms. The lowest BCUT2D eigenvalue weighted by atomic mass is 9.82. The van der Waals surface area contributed by atoms with E-state index in [0.29, 0.717) is 39.3 Å². The molecule has 0 fully saturated rings. The summed E-state index contributed by atoms with van der Waals surface area (Å²) in [6.07, 6.45) is 0.438. The van der Waals surface area contributed by atoms with Crippen LogP contribution < -0.4 is 0 Å². The maximum absolute atomic E-state index is 11.7. The van der Waals surface area contributed by atoms with E-state index in [1.807, 2.05) is 27.7 Å². The number of aromatic hydroxyl groups is 1. The van der Waals surface area contributed by atoms with Crippen molar-refractivity contribution in [2.24, 2.45) is 0 Å². The third-order valence-corrected chi connectivity index (χ3v) is 4.82. The molecule has 0 amide bonds. The lowest BCUT2D eigenvalue weighted by Gasteiger charge is -2.24. The number of aromatic nitrogens is 3. The van der Waals surface area contributed by atoms with E-state index in [1.165, 1.54) is 4.80 Å². The number of rotatable bonds is 4. The Kier molecular flexibility index (Phi) is 4.86. The van der Waals surface area contributed by atoms with Crippen LogP contribution in [0.25, 0.3) is 16.7 Å². The number of fused-ring (bicyclic) bond motifs is 1. The van der Waals surface area contributed by atoms with Crippen LogP contribution in [-0.4, -0.2) is 31.2 Å². The number of hydrogen-bond donors (Lipinski definition) is 2. The molecule has 0 saturated carbocycles. The fourth-order valence-electron chi connectivity index (χ4n) is 3.11. The first kappa shape index (κ1) is 19.2. The Morgan fingerprint density at radius 3 is 2.44 bits per heavy atom. The molecular weight excluding hydrogens is 366 g/mol. The Bertz CT molecular complexity index is 1020. The SMILES string of the molecule is CCC(C(=O)O)c1cc(-n2nc3ccc(Cl)cc3n2)c(O)c(C(C)(C)C)c1. The minimum absolute atomic E-state index is 0.0397. The first-order chi connectivity index (χ1) is 12.6. The summed E-state index contributed by atoms with van der Waals surface area (Å²) >= 11 is 6.02. The van der Waals surface area contributed by atoms with Crippen LogP contribution >= 0.6 is 11.6 Å². The molecular formula is C20H22ClN3O3. The van der Waals surface area contributed by atoms with Gasteiger partial charge >= 0.3 is 5.97 Å². The van der Waals surface area contributed by atoms with Gasteiger partial charge in [0.15, 0.2) is 0 Å². The molecule has 0 saturated heterocycles. The highest BCUT2D eigenvalue weighted by Gasteiger charge is 2.27. The Morgan fingerprint density at radius 2 is 1.85 bits per heavy atom. The van der Waals surface area contributed by atoms with E-state index in [-0.39, 0.29) is 11.2 Å². The highest BCUT2D eigenvalue weighted by molar-refractivity contribution is 6.31. The number of carboxylic acids is 1. The van der Waals surface area contributed by atoms with E-state index in [0.717, 1.165) is 0 Å². The quantitative estimate of drug-likeness (QED) is 0.679. The first-order valence-electron chi connectivity index (χ1n) is 8.75. The summed E-state index contributed by atoms with van der Waals surface area (Å²) in [5.74, 6) is -1.54. The van der Waals surface area contributed by atoms with Gasteiger partial charge in [-0.05, 0) is 41.7 Å². The molecule has 142 valence electrons. The molecule has 1 heterocycles. The Balaban J connectivity index is 2.27. The number of benzene rings is 2. The van der Waals surface area contributed by atoms with Gasteiger partial charge in [0, 0.05) is 10.6 Å². The fourth-order valence-corrected chi connectivity index (χ4v) is 3.28. The smallest absolute Gasteiger partial charge is 0.310 e. The molecule has 0 radical (unpaired) electrons. The predicted octanol–water partition coefficient (Wildman–Crippen LogP) is 4.66. The van der Waals surface area contributed by atoms with Crippen molar-refractivity contribution >= 4 is 28.6 Å². The molecule has 6 nitrogen and oxygen atoms in total. The topological polar surface area (TPSA) is 88.2 Å². The number of nitrogens with zero attached hydrogens (tertiary/aromatic N) is 3. The predicted molar refractivity (Wildman–Crippen MR) is 105 cm³/mol. The third kappa shape index (κ3) is 3.62. The van der Waals surface area contributed by atoms with E-state index in [4.69, 9.17) is 11.6 Å². The maximum atomic E-state index is 11.7. The molecule has 2 N–H and O–H groups in total. The van der Waals surface area contributed by atoms with E-state index >= 15 is 0 Å². The van der Waals surface area contributed by atoms with Gasteiger partial charge in [0.05, 0.1) is 5.92 Å². The zero-order chi connectivity index (χ0) is 19.9. The van der Waals surface area contributed by atoms with Crippen molar-refractivity contribution < 1.29 is 15.0 Å². The number of phenols is 1. The van der Waals surface area contributed by atoms with Crippen molar-refractivity contribution in [1.82, 2.24) is 15.0 Å². The van der Waals surface area contributed by atoms with Crippen LogP contribution in [0.4, 0.5) is 0 Å². The van der Waals surface area contributed by atoms with Gasteiger partial charge in [-0.1, -0.05) is 45.4 Å². The largest absolute Gasteiger partial charge is 0.505 e. The van der Waals surface area contributed by atoms with Crippen LogP contribution in [0.3, 0.4) is 0 Å². The molecule has 3 aromatic rings. The molecule has 1 unspecified atom stereocenters. The van der Waals surface area contributed by atoms with Crippen LogP contribution in [0, 0.1) is 0 Å². The van der Waals surface area contributed by atoms with E-state index in [1.54, 1.807) is 30.3 Å². The summed E-state index contributed by atoms with van der Waals surface area (Å²) in [6.45, 7) is 7.71. The highest BCUT2D eigenvalue weighted by atomic mass is 35.5. The van der Waals surface area contributed by atoms with Crippen molar-refractivity contribution in [2.75, 3.05) is 0 Å².